The van der Waals surface area contributed by atoms with Crippen molar-refractivity contribution in [2.75, 3.05) is 25.0 Å². The predicted octanol–water partition coefficient (Wildman–Crippen LogP) is 1.33. The van der Waals surface area contributed by atoms with Gasteiger partial charge in [0.2, 0.25) is 5.91 Å². The largest absolute Gasteiger partial charge is 0.480 e. The van der Waals surface area contributed by atoms with Crippen LogP contribution >= 0.6 is 0 Å². The van der Waals surface area contributed by atoms with E-state index in [4.69, 9.17) is 5.11 Å². The van der Waals surface area contributed by atoms with E-state index < -0.39 is 16.8 Å². The van der Waals surface area contributed by atoms with Crippen LogP contribution < -0.4 is 5.32 Å². The Balaban J connectivity index is 2.72. The number of anilines is 1. The number of carboxylic acids is 1. The van der Waals surface area contributed by atoms with E-state index in [1.165, 1.54) is 23.1 Å². The second-order valence-corrected chi connectivity index (χ2v) is 4.43. The maximum Gasteiger partial charge on any atom is 0.317 e. The average Bonchev–Trinajstić information content (AvgIpc) is 2.38. The molecule has 1 rings (SSSR count). The fourth-order valence-electron chi connectivity index (χ4n) is 1.85. The van der Waals surface area contributed by atoms with Gasteiger partial charge in [-0.15, -0.1) is 0 Å². The lowest BCUT2D eigenvalue weighted by Crippen LogP contribution is -2.37. The van der Waals surface area contributed by atoms with Crippen LogP contribution in [0.2, 0.25) is 0 Å². The molecule has 0 bridgehead atoms. The van der Waals surface area contributed by atoms with Gasteiger partial charge in [0.05, 0.1) is 18.0 Å². The minimum atomic E-state index is -1.03. The van der Waals surface area contributed by atoms with Crippen LogP contribution in [0, 0.1) is 10.1 Å². The second-order valence-electron chi connectivity index (χ2n) is 4.43. The molecule has 114 valence electrons. The van der Waals surface area contributed by atoms with Crippen LogP contribution in [0.1, 0.15) is 13.3 Å². The highest BCUT2D eigenvalue weighted by Crippen LogP contribution is 2.22. The Kier molecular flexibility index (Phi) is 6.28. The van der Waals surface area contributed by atoms with Gasteiger partial charge in [0.25, 0.3) is 5.69 Å². The minimum absolute atomic E-state index is 0.0965. The zero-order chi connectivity index (χ0) is 15.8. The molecule has 0 saturated heterocycles. The summed E-state index contributed by atoms with van der Waals surface area (Å²) >= 11 is 0. The van der Waals surface area contributed by atoms with Crippen molar-refractivity contribution < 1.29 is 19.6 Å². The molecule has 8 nitrogen and oxygen atoms in total. The number of hydrogen-bond donors (Lipinski definition) is 2. The molecule has 0 radical (unpaired) electrons. The Bertz CT molecular complexity index is 532. The third-order valence-electron chi connectivity index (χ3n) is 2.64. The van der Waals surface area contributed by atoms with Crippen molar-refractivity contribution in [3.63, 3.8) is 0 Å². The third-order valence-corrected chi connectivity index (χ3v) is 2.64. The van der Waals surface area contributed by atoms with Gasteiger partial charge < -0.3 is 10.4 Å². The van der Waals surface area contributed by atoms with Crippen LogP contribution in [0.15, 0.2) is 24.3 Å². The van der Waals surface area contributed by atoms with Gasteiger partial charge in [-0.3, -0.25) is 24.6 Å². The SMILES string of the molecule is CCCN(CC(=O)O)CC(=O)Nc1ccccc1[N+](=O)[O-]. The first-order chi connectivity index (χ1) is 9.93. The molecule has 1 aromatic rings. The third kappa shape index (κ3) is 5.57. The zero-order valence-corrected chi connectivity index (χ0v) is 11.6. The monoisotopic (exact) mass is 295 g/mol. The highest BCUT2D eigenvalue weighted by molar-refractivity contribution is 5.94. The second kappa shape index (κ2) is 7.95. The number of aliphatic carboxylic acids is 1. The molecule has 0 aliphatic heterocycles. The number of carbonyl (C=O) groups excluding carboxylic acids is 1. The van der Waals surface area contributed by atoms with Crippen molar-refractivity contribution in [3.8, 4) is 0 Å². The normalized spacial score (nSPS) is 10.4. The summed E-state index contributed by atoms with van der Waals surface area (Å²) in [5, 5.41) is 22.0. The topological polar surface area (TPSA) is 113 Å². The number of carboxylic acid groups (broad SMARTS) is 1. The summed E-state index contributed by atoms with van der Waals surface area (Å²) in [5.41, 5.74) is -0.106. The Morgan fingerprint density at radius 1 is 1.33 bits per heavy atom. The molecule has 21 heavy (non-hydrogen) atoms. The fraction of sp³-hybridized carbons (Fsp3) is 0.385. The Hall–Kier alpha value is -2.48. The summed E-state index contributed by atoms with van der Waals surface area (Å²) in [7, 11) is 0. The van der Waals surface area contributed by atoms with Gasteiger partial charge >= 0.3 is 5.97 Å². The summed E-state index contributed by atoms with van der Waals surface area (Å²) in [6, 6.07) is 5.79. The number of rotatable bonds is 8. The Labute approximate surface area is 121 Å². The fourth-order valence-corrected chi connectivity index (χ4v) is 1.85. The molecule has 1 aromatic carbocycles. The number of para-hydroxylation sites is 2. The molecule has 0 saturated carbocycles. The van der Waals surface area contributed by atoms with Crippen LogP contribution in [-0.2, 0) is 9.59 Å². The van der Waals surface area contributed by atoms with Gasteiger partial charge in [0, 0.05) is 6.07 Å². The molecule has 2 N–H and O–H groups in total. The number of nitrogens with one attached hydrogen (secondary N) is 1. The smallest absolute Gasteiger partial charge is 0.317 e. The molecular weight excluding hydrogens is 278 g/mol. The molecule has 0 unspecified atom stereocenters. The molecule has 0 aliphatic carbocycles. The number of carbonyl (C=O) groups is 2. The summed E-state index contributed by atoms with van der Waals surface area (Å²) in [5.74, 6) is -1.51. The van der Waals surface area contributed by atoms with Crippen LogP contribution in [0.3, 0.4) is 0 Å². The summed E-state index contributed by atoms with van der Waals surface area (Å²) in [6.45, 7) is 1.94. The highest BCUT2D eigenvalue weighted by Gasteiger charge is 2.17. The van der Waals surface area contributed by atoms with E-state index in [0.717, 1.165) is 0 Å². The lowest BCUT2D eigenvalue weighted by Gasteiger charge is -2.18. The van der Waals surface area contributed by atoms with Crippen molar-refractivity contribution in [3.05, 3.63) is 34.4 Å². The quantitative estimate of drug-likeness (QED) is 0.552. The first-order valence-corrected chi connectivity index (χ1v) is 6.41. The highest BCUT2D eigenvalue weighted by atomic mass is 16.6. The number of amides is 1. The number of hydrogen-bond acceptors (Lipinski definition) is 5. The van der Waals surface area contributed by atoms with Crippen LogP contribution in [0.5, 0.6) is 0 Å². The summed E-state index contributed by atoms with van der Waals surface area (Å²) < 4.78 is 0. The standard InChI is InChI=1S/C13H17N3O5/c1-2-7-15(9-13(18)19)8-12(17)14-10-5-3-4-6-11(10)16(20)21/h3-6H,2,7-9H2,1H3,(H,14,17)(H,18,19). The van der Waals surface area contributed by atoms with Gasteiger partial charge in [-0.05, 0) is 19.0 Å². The maximum absolute atomic E-state index is 11.9. The predicted molar refractivity (Wildman–Crippen MR) is 76.1 cm³/mol. The van der Waals surface area contributed by atoms with E-state index >= 15 is 0 Å². The van der Waals surface area contributed by atoms with E-state index in [1.807, 2.05) is 6.92 Å². The van der Waals surface area contributed by atoms with Crippen molar-refractivity contribution in [1.29, 1.82) is 0 Å². The maximum atomic E-state index is 11.9. The van der Waals surface area contributed by atoms with Crippen molar-refractivity contribution >= 4 is 23.3 Å². The van der Waals surface area contributed by atoms with Gasteiger partial charge in [-0.25, -0.2) is 0 Å². The van der Waals surface area contributed by atoms with E-state index in [1.54, 1.807) is 6.07 Å². The van der Waals surface area contributed by atoms with Crippen molar-refractivity contribution in [2.45, 2.75) is 13.3 Å². The van der Waals surface area contributed by atoms with E-state index in [0.29, 0.717) is 13.0 Å². The first-order valence-electron chi connectivity index (χ1n) is 6.41. The Morgan fingerprint density at radius 2 is 2.00 bits per heavy atom. The molecule has 8 heteroatoms. The van der Waals surface area contributed by atoms with Crippen LogP contribution in [0.4, 0.5) is 11.4 Å². The van der Waals surface area contributed by atoms with E-state index in [-0.39, 0.29) is 24.5 Å². The van der Waals surface area contributed by atoms with Gasteiger partial charge in [0.15, 0.2) is 0 Å². The molecule has 0 aliphatic rings. The average molecular weight is 295 g/mol. The zero-order valence-electron chi connectivity index (χ0n) is 11.6. The van der Waals surface area contributed by atoms with Crippen molar-refractivity contribution in [1.82, 2.24) is 4.90 Å². The molecule has 0 fully saturated rings. The Morgan fingerprint density at radius 3 is 2.57 bits per heavy atom. The summed E-state index contributed by atoms with van der Waals surface area (Å²) in [4.78, 5) is 34.3. The number of nitro benzene ring substituents is 1. The van der Waals surface area contributed by atoms with Crippen molar-refractivity contribution in [2.24, 2.45) is 0 Å². The molecule has 0 spiro atoms. The number of nitrogens with zero attached hydrogens (tertiary/aromatic N) is 2. The summed E-state index contributed by atoms with van der Waals surface area (Å²) in [6.07, 6.45) is 0.700. The molecule has 0 aromatic heterocycles. The van der Waals surface area contributed by atoms with Crippen LogP contribution in [-0.4, -0.2) is 46.4 Å². The van der Waals surface area contributed by atoms with E-state index in [2.05, 4.69) is 5.32 Å². The van der Waals surface area contributed by atoms with Gasteiger partial charge in [-0.1, -0.05) is 19.1 Å². The first kappa shape index (κ1) is 16.6. The van der Waals surface area contributed by atoms with Gasteiger partial charge in [0.1, 0.15) is 5.69 Å². The molecule has 0 heterocycles. The lowest BCUT2D eigenvalue weighted by atomic mass is 10.2. The molecule has 0 atom stereocenters. The number of nitro groups is 1. The van der Waals surface area contributed by atoms with Gasteiger partial charge in [-0.2, -0.15) is 0 Å². The molecule has 1 amide bonds. The minimum Gasteiger partial charge on any atom is -0.480 e. The molecular formula is C13H17N3O5. The lowest BCUT2D eigenvalue weighted by molar-refractivity contribution is -0.383. The van der Waals surface area contributed by atoms with Crippen LogP contribution in [0.25, 0.3) is 0 Å². The van der Waals surface area contributed by atoms with E-state index in [9.17, 15) is 19.7 Å². The number of benzene rings is 1.